The molecule has 0 radical (unpaired) electrons. The summed E-state index contributed by atoms with van der Waals surface area (Å²) >= 11 is 5.94. The van der Waals surface area contributed by atoms with Crippen LogP contribution < -0.4 is 11.1 Å². The fourth-order valence-corrected chi connectivity index (χ4v) is 2.17. The Balaban J connectivity index is 0.00000242. The summed E-state index contributed by atoms with van der Waals surface area (Å²) < 4.78 is 0. The van der Waals surface area contributed by atoms with Crippen LogP contribution in [-0.4, -0.2) is 12.5 Å². The summed E-state index contributed by atoms with van der Waals surface area (Å²) in [5.74, 6) is 0.489. The number of halogens is 2. The van der Waals surface area contributed by atoms with Gasteiger partial charge in [0.05, 0.1) is 6.54 Å². The third-order valence-corrected chi connectivity index (χ3v) is 3.40. The van der Waals surface area contributed by atoms with Crippen LogP contribution in [0.4, 0.5) is 0 Å². The summed E-state index contributed by atoms with van der Waals surface area (Å²) in [5.41, 5.74) is 9.26. The lowest BCUT2D eigenvalue weighted by Crippen LogP contribution is -2.32. The lowest BCUT2D eigenvalue weighted by molar-refractivity contribution is 0.825. The Hall–Kier alpha value is -1.27. The maximum Gasteiger partial charge on any atom is 0.188 e. The molecule has 118 valence electrons. The highest BCUT2D eigenvalue weighted by atomic mass is 127. The van der Waals surface area contributed by atoms with E-state index in [1.54, 1.807) is 0 Å². The van der Waals surface area contributed by atoms with Gasteiger partial charge in [-0.15, -0.1) is 24.0 Å². The van der Waals surface area contributed by atoms with Gasteiger partial charge in [0.15, 0.2) is 5.96 Å². The van der Waals surface area contributed by atoms with Crippen LogP contribution in [0, 0.1) is 0 Å². The molecule has 0 saturated carbocycles. The minimum absolute atomic E-state index is 0. The zero-order valence-electron chi connectivity index (χ0n) is 12.6. The van der Waals surface area contributed by atoms with Crippen LogP contribution in [-0.2, 0) is 6.54 Å². The van der Waals surface area contributed by atoms with Crippen LogP contribution in [0.15, 0.2) is 53.5 Å². The molecule has 0 aromatic heterocycles. The molecule has 0 heterocycles. The second-order valence-electron chi connectivity index (χ2n) is 4.79. The Labute approximate surface area is 154 Å². The van der Waals surface area contributed by atoms with E-state index < -0.39 is 0 Å². The lowest BCUT2D eigenvalue weighted by Gasteiger charge is -2.09. The number of nitrogens with one attached hydrogen (secondary N) is 1. The maximum absolute atomic E-state index is 5.94. The molecule has 22 heavy (non-hydrogen) atoms. The number of aliphatic imine (C=N–C) groups is 1. The normalized spacial score (nSPS) is 10.9. The van der Waals surface area contributed by atoms with Crippen molar-refractivity contribution in [1.29, 1.82) is 0 Å². The van der Waals surface area contributed by atoms with E-state index in [-0.39, 0.29) is 24.0 Å². The average Bonchev–Trinajstić information content (AvgIpc) is 2.52. The standard InChI is InChI=1S/C17H20ClN3.HI/c1-2-11-20-17(19)21-12-14-5-3-4-6-16(14)13-7-9-15(18)10-8-13;/h3-10H,2,11-12H2,1H3,(H3,19,20,21);1H. The Morgan fingerprint density at radius 2 is 1.82 bits per heavy atom. The number of nitrogens with zero attached hydrogens (tertiary/aromatic N) is 1. The molecule has 0 spiro atoms. The molecule has 0 bridgehead atoms. The van der Waals surface area contributed by atoms with Crippen molar-refractivity contribution in [2.45, 2.75) is 19.9 Å². The highest BCUT2D eigenvalue weighted by Gasteiger charge is 2.04. The average molecular weight is 430 g/mol. The summed E-state index contributed by atoms with van der Waals surface area (Å²) in [6.07, 6.45) is 1.03. The fraction of sp³-hybridized carbons (Fsp3) is 0.235. The number of hydrogen-bond acceptors (Lipinski definition) is 1. The number of rotatable bonds is 5. The van der Waals surface area contributed by atoms with Gasteiger partial charge in [0, 0.05) is 11.6 Å². The molecule has 0 aliphatic rings. The van der Waals surface area contributed by atoms with E-state index in [1.165, 1.54) is 0 Å². The molecule has 0 amide bonds. The number of guanidine groups is 1. The Morgan fingerprint density at radius 3 is 2.50 bits per heavy atom. The summed E-state index contributed by atoms with van der Waals surface area (Å²) in [6, 6.07) is 16.0. The van der Waals surface area contributed by atoms with Gasteiger partial charge < -0.3 is 11.1 Å². The van der Waals surface area contributed by atoms with Crippen molar-refractivity contribution in [3.8, 4) is 11.1 Å². The van der Waals surface area contributed by atoms with Crippen molar-refractivity contribution < 1.29 is 0 Å². The highest BCUT2D eigenvalue weighted by Crippen LogP contribution is 2.25. The molecule has 0 saturated heterocycles. The van der Waals surface area contributed by atoms with E-state index in [1.807, 2.05) is 36.4 Å². The molecule has 3 N–H and O–H groups in total. The third-order valence-electron chi connectivity index (χ3n) is 3.15. The first kappa shape index (κ1) is 18.8. The Bertz CT molecular complexity index is 612. The van der Waals surface area contributed by atoms with Crippen molar-refractivity contribution in [2.75, 3.05) is 6.54 Å². The van der Waals surface area contributed by atoms with Crippen molar-refractivity contribution in [3.63, 3.8) is 0 Å². The van der Waals surface area contributed by atoms with Gasteiger partial charge in [-0.05, 0) is 35.2 Å². The fourth-order valence-electron chi connectivity index (χ4n) is 2.05. The summed E-state index contributed by atoms with van der Waals surface area (Å²) in [4.78, 5) is 4.39. The SMILES string of the molecule is CCCNC(N)=NCc1ccccc1-c1ccc(Cl)cc1.I. The second-order valence-corrected chi connectivity index (χ2v) is 5.23. The van der Waals surface area contributed by atoms with Gasteiger partial charge in [0.25, 0.3) is 0 Å². The number of nitrogens with two attached hydrogens (primary N) is 1. The van der Waals surface area contributed by atoms with Crippen LogP contribution in [0.1, 0.15) is 18.9 Å². The minimum Gasteiger partial charge on any atom is -0.370 e. The topological polar surface area (TPSA) is 50.4 Å². The molecule has 0 unspecified atom stereocenters. The summed E-state index contributed by atoms with van der Waals surface area (Å²) in [7, 11) is 0. The maximum atomic E-state index is 5.94. The van der Waals surface area contributed by atoms with E-state index in [0.29, 0.717) is 12.5 Å². The first-order valence-corrected chi connectivity index (χ1v) is 7.46. The quantitative estimate of drug-likeness (QED) is 0.419. The van der Waals surface area contributed by atoms with Gasteiger partial charge in [-0.25, -0.2) is 4.99 Å². The number of hydrogen-bond donors (Lipinski definition) is 2. The molecule has 2 aromatic carbocycles. The molecule has 5 heteroatoms. The largest absolute Gasteiger partial charge is 0.370 e. The predicted octanol–water partition coefficient (Wildman–Crippen LogP) is 4.44. The smallest absolute Gasteiger partial charge is 0.188 e. The van der Waals surface area contributed by atoms with Crippen LogP contribution in [0.2, 0.25) is 5.02 Å². The van der Waals surface area contributed by atoms with Gasteiger partial charge >= 0.3 is 0 Å². The molecule has 2 aromatic rings. The van der Waals surface area contributed by atoms with Crippen LogP contribution in [0.5, 0.6) is 0 Å². The van der Waals surface area contributed by atoms with Gasteiger partial charge in [0.1, 0.15) is 0 Å². The first-order chi connectivity index (χ1) is 10.2. The van der Waals surface area contributed by atoms with Crippen LogP contribution in [0.25, 0.3) is 11.1 Å². The highest BCUT2D eigenvalue weighted by molar-refractivity contribution is 14.0. The van der Waals surface area contributed by atoms with Gasteiger partial charge in [-0.3, -0.25) is 0 Å². The Morgan fingerprint density at radius 1 is 1.14 bits per heavy atom. The van der Waals surface area contributed by atoms with E-state index in [2.05, 4.69) is 29.4 Å². The first-order valence-electron chi connectivity index (χ1n) is 7.08. The lowest BCUT2D eigenvalue weighted by atomic mass is 10.00. The van der Waals surface area contributed by atoms with Gasteiger partial charge in [0.2, 0.25) is 0 Å². The van der Waals surface area contributed by atoms with Crippen molar-refractivity contribution >= 4 is 41.5 Å². The van der Waals surface area contributed by atoms with E-state index in [9.17, 15) is 0 Å². The minimum atomic E-state index is 0. The van der Waals surface area contributed by atoms with E-state index in [0.717, 1.165) is 34.7 Å². The van der Waals surface area contributed by atoms with Crippen LogP contribution >= 0.6 is 35.6 Å². The zero-order chi connectivity index (χ0) is 15.1. The van der Waals surface area contributed by atoms with Gasteiger partial charge in [-0.1, -0.05) is 54.9 Å². The van der Waals surface area contributed by atoms with Gasteiger partial charge in [-0.2, -0.15) is 0 Å². The molecule has 0 fully saturated rings. The third kappa shape index (κ3) is 5.50. The molecular formula is C17H21ClIN3. The molecule has 3 nitrogen and oxygen atoms in total. The Kier molecular flexibility index (Phi) is 8.27. The molecule has 0 atom stereocenters. The number of benzene rings is 2. The molecule has 0 aliphatic carbocycles. The van der Waals surface area contributed by atoms with Crippen molar-refractivity contribution in [2.24, 2.45) is 10.7 Å². The monoisotopic (exact) mass is 429 g/mol. The van der Waals surface area contributed by atoms with Crippen molar-refractivity contribution in [1.82, 2.24) is 5.32 Å². The summed E-state index contributed by atoms with van der Waals surface area (Å²) in [5, 5.41) is 3.82. The van der Waals surface area contributed by atoms with Crippen molar-refractivity contribution in [3.05, 3.63) is 59.1 Å². The molecule has 0 aliphatic heterocycles. The molecule has 2 rings (SSSR count). The zero-order valence-corrected chi connectivity index (χ0v) is 15.6. The van der Waals surface area contributed by atoms with E-state index >= 15 is 0 Å². The van der Waals surface area contributed by atoms with E-state index in [4.69, 9.17) is 17.3 Å². The predicted molar refractivity (Wildman–Crippen MR) is 106 cm³/mol. The van der Waals surface area contributed by atoms with Crippen LogP contribution in [0.3, 0.4) is 0 Å². The molecular weight excluding hydrogens is 409 g/mol. The second kappa shape index (κ2) is 9.69. The summed E-state index contributed by atoms with van der Waals surface area (Å²) in [6.45, 7) is 3.49.